The zero-order valence-corrected chi connectivity index (χ0v) is 26.1. The summed E-state index contributed by atoms with van der Waals surface area (Å²) in [5.74, 6) is -0.705. The van der Waals surface area contributed by atoms with Crippen LogP contribution in [0.15, 0.2) is 30.5 Å². The number of hydrogen-bond acceptors (Lipinski definition) is 8. The fraction of sp³-hybridized carbons (Fsp3) is 0.514. The maximum absolute atomic E-state index is 16.9. The first-order valence-corrected chi connectivity index (χ1v) is 16.4. The molecule has 4 aliphatic rings. The van der Waals surface area contributed by atoms with Gasteiger partial charge in [0.1, 0.15) is 41.4 Å². The Kier molecular flexibility index (Phi) is 6.88. The third-order valence-corrected chi connectivity index (χ3v) is 11.3. The Hall–Kier alpha value is -3.70. The van der Waals surface area contributed by atoms with Crippen molar-refractivity contribution in [2.24, 2.45) is 11.8 Å². The normalized spacial score (nSPS) is 29.3. The first kappa shape index (κ1) is 29.7. The van der Waals surface area contributed by atoms with Gasteiger partial charge in [0, 0.05) is 49.7 Å². The fourth-order valence-electron chi connectivity index (χ4n) is 8.85. The monoisotopic (exact) mass is 633 g/mol. The Balaban J connectivity index is 1.27. The predicted octanol–water partition coefficient (Wildman–Crippen LogP) is 5.94. The topological polar surface area (TPSA) is 94.8 Å². The molecule has 2 aromatic carbocycles. The Morgan fingerprint density at radius 2 is 1.87 bits per heavy atom. The molecule has 4 fully saturated rings. The van der Waals surface area contributed by atoms with Gasteiger partial charge >= 0.3 is 6.01 Å². The number of nitrogens with zero attached hydrogens (tertiary/aromatic N) is 5. The lowest BCUT2D eigenvalue weighted by atomic mass is 9.82. The molecule has 0 radical (unpaired) electrons. The molecular weight excluding hydrogens is 595 g/mol. The van der Waals surface area contributed by atoms with Crippen molar-refractivity contribution in [3.05, 3.63) is 47.7 Å². The molecule has 2 aromatic heterocycles. The zero-order valence-electron chi connectivity index (χ0n) is 26.1. The molecule has 8 nitrogen and oxygen atoms in total. The number of anilines is 1. The van der Waals surface area contributed by atoms with Gasteiger partial charge in [-0.2, -0.15) is 9.97 Å². The highest BCUT2D eigenvalue weighted by molar-refractivity contribution is 6.01. The van der Waals surface area contributed by atoms with Crippen molar-refractivity contribution >= 4 is 27.5 Å². The smallest absolute Gasteiger partial charge is 0.319 e. The number of aromatic nitrogens is 3. The van der Waals surface area contributed by atoms with E-state index in [1.807, 2.05) is 13.8 Å². The van der Waals surface area contributed by atoms with Crippen LogP contribution < -0.4 is 9.64 Å². The molecular formula is C35H38F3N5O3. The summed E-state index contributed by atoms with van der Waals surface area (Å²) in [6.45, 7) is 6.18. The average Bonchev–Trinajstić information content (AvgIpc) is 3.56. The number of pyridine rings is 1. The van der Waals surface area contributed by atoms with E-state index in [2.05, 4.69) is 19.8 Å². The third-order valence-electron chi connectivity index (χ3n) is 11.3. The van der Waals surface area contributed by atoms with Crippen LogP contribution in [-0.4, -0.2) is 80.2 Å². The maximum atomic E-state index is 16.9. The summed E-state index contributed by atoms with van der Waals surface area (Å²) in [6, 6.07) is 5.84. The lowest BCUT2D eigenvalue weighted by molar-refractivity contribution is -0.0273. The van der Waals surface area contributed by atoms with Gasteiger partial charge in [-0.1, -0.05) is 13.0 Å². The molecule has 5 heterocycles. The Morgan fingerprint density at radius 3 is 2.63 bits per heavy atom. The molecule has 8 rings (SSSR count). The minimum absolute atomic E-state index is 0.00352. The van der Waals surface area contributed by atoms with Gasteiger partial charge in [0.15, 0.2) is 5.82 Å². The molecule has 0 spiro atoms. The van der Waals surface area contributed by atoms with Gasteiger partial charge in [-0.25, -0.2) is 13.2 Å². The second-order valence-electron chi connectivity index (χ2n) is 13.9. The van der Waals surface area contributed by atoms with Crippen molar-refractivity contribution < 1.29 is 28.1 Å². The fourth-order valence-corrected chi connectivity index (χ4v) is 8.85. The number of phenolic OH excluding ortho intramolecular Hbond substituents is 1. The highest BCUT2D eigenvalue weighted by Crippen LogP contribution is 2.47. The van der Waals surface area contributed by atoms with Gasteiger partial charge in [0.2, 0.25) is 0 Å². The largest absolute Gasteiger partial charge is 0.508 e. The van der Waals surface area contributed by atoms with Gasteiger partial charge in [-0.15, -0.1) is 0 Å². The summed E-state index contributed by atoms with van der Waals surface area (Å²) in [5, 5.41) is 23.2. The van der Waals surface area contributed by atoms with E-state index in [1.54, 1.807) is 6.07 Å². The quantitative estimate of drug-likeness (QED) is 0.269. The first-order valence-electron chi connectivity index (χ1n) is 16.4. The molecule has 2 unspecified atom stereocenters. The first-order chi connectivity index (χ1) is 22.1. The van der Waals surface area contributed by atoms with Crippen LogP contribution in [0.25, 0.3) is 32.9 Å². The molecule has 46 heavy (non-hydrogen) atoms. The molecule has 11 heteroatoms. The predicted molar refractivity (Wildman–Crippen MR) is 169 cm³/mol. The molecule has 0 amide bonds. The summed E-state index contributed by atoms with van der Waals surface area (Å²) in [4.78, 5) is 18.1. The summed E-state index contributed by atoms with van der Waals surface area (Å²) in [7, 11) is 0. The molecule has 2 bridgehead atoms. The third kappa shape index (κ3) is 4.52. The van der Waals surface area contributed by atoms with E-state index in [0.717, 1.165) is 32.2 Å². The van der Waals surface area contributed by atoms with Gasteiger partial charge in [-0.05, 0) is 80.1 Å². The van der Waals surface area contributed by atoms with Crippen molar-refractivity contribution in [2.45, 2.75) is 69.7 Å². The molecule has 242 valence electrons. The summed E-state index contributed by atoms with van der Waals surface area (Å²) in [5.41, 5.74) is -0.627. The van der Waals surface area contributed by atoms with Crippen molar-refractivity contribution in [3.63, 3.8) is 0 Å². The summed E-state index contributed by atoms with van der Waals surface area (Å²) < 4.78 is 52.6. The Morgan fingerprint density at radius 1 is 1.09 bits per heavy atom. The standard InChI is InChI=1S/C35H38F3N5O3/c1-3-24-27(37)8-5-19-11-23(44)12-25(28(19)24)30-29(38)31-26(14-39-30)32(42-15-20-6-7-21(16-42)34(20,2)45)41-33(40-31)46-18-35-9-4-10-43(35)17-22(36)13-35/h5,8,11-12,14,20-22,44-45H,3-4,6-7,9-10,13,15-18H2,1-2H3/t20?,21?,22-,34?,35+/m1/s1. The molecule has 3 saturated heterocycles. The van der Waals surface area contributed by atoms with Gasteiger partial charge in [-0.3, -0.25) is 9.88 Å². The second kappa shape index (κ2) is 10.7. The highest BCUT2D eigenvalue weighted by Gasteiger charge is 2.51. The number of ether oxygens (including phenoxy) is 1. The lowest BCUT2D eigenvalue weighted by Gasteiger charge is -2.43. The van der Waals surface area contributed by atoms with Crippen LogP contribution in [0.2, 0.25) is 0 Å². The second-order valence-corrected chi connectivity index (χ2v) is 13.9. The Labute approximate surface area is 265 Å². The molecule has 3 aliphatic heterocycles. The van der Waals surface area contributed by atoms with E-state index in [4.69, 9.17) is 9.72 Å². The van der Waals surface area contributed by atoms with Crippen molar-refractivity contribution in [1.29, 1.82) is 0 Å². The molecule has 2 N–H and O–H groups in total. The van der Waals surface area contributed by atoms with Crippen LogP contribution in [0.3, 0.4) is 0 Å². The SMILES string of the molecule is CCc1c(F)ccc2cc(O)cc(-c3ncc4c(N5CC6CCC(C5)C6(C)O)nc(OC[C@@]56CCCN5C[C@H](F)C6)nc4c3F)c12. The number of phenols is 1. The van der Waals surface area contributed by atoms with Crippen LogP contribution in [-0.2, 0) is 6.42 Å². The van der Waals surface area contributed by atoms with Crippen LogP contribution in [0.4, 0.5) is 19.0 Å². The maximum Gasteiger partial charge on any atom is 0.319 e. The van der Waals surface area contributed by atoms with Crippen molar-refractivity contribution in [2.75, 3.05) is 37.7 Å². The van der Waals surface area contributed by atoms with Gasteiger partial charge in [0.25, 0.3) is 0 Å². The average molecular weight is 634 g/mol. The van der Waals surface area contributed by atoms with E-state index < -0.39 is 28.9 Å². The van der Waals surface area contributed by atoms with E-state index in [-0.39, 0.29) is 47.0 Å². The van der Waals surface area contributed by atoms with E-state index >= 15 is 4.39 Å². The highest BCUT2D eigenvalue weighted by atomic mass is 19.1. The number of aliphatic hydroxyl groups is 1. The molecule has 4 aromatic rings. The molecule has 1 aliphatic carbocycles. The van der Waals surface area contributed by atoms with Crippen LogP contribution >= 0.6 is 0 Å². The van der Waals surface area contributed by atoms with Crippen LogP contribution in [0.1, 0.15) is 51.5 Å². The van der Waals surface area contributed by atoms with E-state index in [9.17, 15) is 19.0 Å². The number of aromatic hydroxyl groups is 1. The summed E-state index contributed by atoms with van der Waals surface area (Å²) >= 11 is 0. The number of aryl methyl sites for hydroxylation is 1. The number of benzene rings is 2. The number of fused-ring (bicyclic) bond motifs is 5. The number of halogens is 3. The lowest BCUT2D eigenvalue weighted by Crippen LogP contribution is -2.52. The number of rotatable bonds is 6. The van der Waals surface area contributed by atoms with Crippen molar-refractivity contribution in [1.82, 2.24) is 19.9 Å². The van der Waals surface area contributed by atoms with E-state index in [1.165, 1.54) is 24.4 Å². The van der Waals surface area contributed by atoms with Crippen LogP contribution in [0, 0.1) is 23.5 Å². The number of piperidine rings is 1. The van der Waals surface area contributed by atoms with Crippen LogP contribution in [0.5, 0.6) is 11.8 Å². The minimum atomic E-state index is -0.922. The summed E-state index contributed by atoms with van der Waals surface area (Å²) in [6.07, 6.45) is 4.89. The Bertz CT molecular complexity index is 1860. The van der Waals surface area contributed by atoms with Gasteiger partial charge in [0.05, 0.1) is 16.5 Å². The van der Waals surface area contributed by atoms with Crippen molar-refractivity contribution in [3.8, 4) is 23.0 Å². The number of hydrogen-bond donors (Lipinski definition) is 2. The zero-order chi connectivity index (χ0) is 32.0. The molecule has 4 atom stereocenters. The van der Waals surface area contributed by atoms with Gasteiger partial charge < -0.3 is 19.8 Å². The molecule has 1 saturated carbocycles. The van der Waals surface area contributed by atoms with E-state index in [0.29, 0.717) is 60.0 Å². The number of alkyl halides is 1. The minimum Gasteiger partial charge on any atom is -0.508 e.